The topological polar surface area (TPSA) is 93.6 Å². The fourth-order valence-corrected chi connectivity index (χ4v) is 3.73. The van der Waals surface area contributed by atoms with Crippen molar-refractivity contribution >= 4 is 17.2 Å². The third-order valence-electron chi connectivity index (χ3n) is 5.37. The molecule has 31 heavy (non-hydrogen) atoms. The van der Waals surface area contributed by atoms with Crippen LogP contribution < -0.4 is 0 Å². The SMILES string of the molecule is C[C@H]1CCCCN1C(=O)c1cc2nc(-c3ccc([N+](=O)[O-])cc3)cc(C(F)(F)F)n2n1. The predicted molar refractivity (Wildman–Crippen MR) is 104 cm³/mol. The number of aromatic nitrogens is 3. The molecule has 11 heteroatoms. The first kappa shape index (κ1) is 20.8. The van der Waals surface area contributed by atoms with Gasteiger partial charge in [0, 0.05) is 36.3 Å². The van der Waals surface area contributed by atoms with E-state index in [1.54, 1.807) is 4.90 Å². The number of halogens is 3. The van der Waals surface area contributed by atoms with Crippen LogP contribution in [0.5, 0.6) is 0 Å². The standard InChI is InChI=1S/C20H18F3N5O3/c1-12-4-2-3-9-26(12)19(29)16-11-18-24-15(10-17(20(21,22)23)27(18)25-16)13-5-7-14(8-6-13)28(30)31/h5-8,10-12H,2-4,9H2,1H3/t12-/m0/s1. The minimum absolute atomic E-state index is 0.0169. The van der Waals surface area contributed by atoms with Crippen molar-refractivity contribution in [2.75, 3.05) is 6.54 Å². The van der Waals surface area contributed by atoms with E-state index in [-0.39, 0.29) is 34.3 Å². The van der Waals surface area contributed by atoms with Gasteiger partial charge in [-0.2, -0.15) is 18.3 Å². The number of alkyl halides is 3. The second kappa shape index (κ2) is 7.64. The summed E-state index contributed by atoms with van der Waals surface area (Å²) in [5.74, 6) is -0.428. The molecule has 3 aromatic rings. The van der Waals surface area contributed by atoms with E-state index in [0.29, 0.717) is 11.1 Å². The second-order valence-corrected chi connectivity index (χ2v) is 7.47. The highest BCUT2D eigenvalue weighted by atomic mass is 19.4. The molecular formula is C20H18F3N5O3. The Morgan fingerprint density at radius 2 is 1.90 bits per heavy atom. The summed E-state index contributed by atoms with van der Waals surface area (Å²) in [7, 11) is 0. The van der Waals surface area contributed by atoms with Gasteiger partial charge in [0.1, 0.15) is 0 Å². The van der Waals surface area contributed by atoms with Crippen molar-refractivity contribution in [3.63, 3.8) is 0 Å². The Morgan fingerprint density at radius 3 is 2.52 bits per heavy atom. The summed E-state index contributed by atoms with van der Waals surface area (Å²) in [6.07, 6.45) is -2.09. The third kappa shape index (κ3) is 3.94. The average molecular weight is 433 g/mol. The van der Waals surface area contributed by atoms with Gasteiger partial charge >= 0.3 is 6.18 Å². The van der Waals surface area contributed by atoms with Gasteiger partial charge < -0.3 is 4.90 Å². The summed E-state index contributed by atoms with van der Waals surface area (Å²) >= 11 is 0. The lowest BCUT2D eigenvalue weighted by Crippen LogP contribution is -2.42. The van der Waals surface area contributed by atoms with E-state index in [9.17, 15) is 28.1 Å². The predicted octanol–water partition coefficient (Wildman–Crippen LogP) is 4.34. The first-order valence-electron chi connectivity index (χ1n) is 9.69. The quantitative estimate of drug-likeness (QED) is 0.453. The van der Waals surface area contributed by atoms with Crippen molar-refractivity contribution in [3.8, 4) is 11.3 Å². The van der Waals surface area contributed by atoms with Crippen LogP contribution in [0.1, 0.15) is 42.4 Å². The molecule has 3 heterocycles. The summed E-state index contributed by atoms with van der Waals surface area (Å²) < 4.78 is 41.8. The number of hydrogen-bond acceptors (Lipinski definition) is 5. The zero-order chi connectivity index (χ0) is 22.3. The Kier molecular flexibility index (Phi) is 5.11. The van der Waals surface area contributed by atoms with Crippen LogP contribution in [-0.2, 0) is 6.18 Å². The van der Waals surface area contributed by atoms with Gasteiger partial charge in [0.2, 0.25) is 0 Å². The van der Waals surface area contributed by atoms with Gasteiger partial charge in [-0.3, -0.25) is 14.9 Å². The number of nitro groups is 1. The number of non-ortho nitro benzene ring substituents is 1. The number of carbonyl (C=O) groups excluding carboxylic acids is 1. The molecule has 0 bridgehead atoms. The molecule has 0 aliphatic carbocycles. The lowest BCUT2D eigenvalue weighted by Gasteiger charge is -2.32. The average Bonchev–Trinajstić information content (AvgIpc) is 3.16. The number of benzene rings is 1. The maximum atomic E-state index is 13.7. The number of hydrogen-bond donors (Lipinski definition) is 0. The van der Waals surface area contributed by atoms with E-state index in [2.05, 4.69) is 10.1 Å². The number of nitro benzene ring substituents is 1. The van der Waals surface area contributed by atoms with E-state index in [1.165, 1.54) is 30.3 Å². The van der Waals surface area contributed by atoms with E-state index in [0.717, 1.165) is 25.3 Å². The number of rotatable bonds is 3. The lowest BCUT2D eigenvalue weighted by molar-refractivity contribution is -0.384. The van der Waals surface area contributed by atoms with Crippen LogP contribution in [0.15, 0.2) is 36.4 Å². The molecule has 0 unspecified atom stereocenters. The van der Waals surface area contributed by atoms with Crippen molar-refractivity contribution < 1.29 is 22.9 Å². The van der Waals surface area contributed by atoms with Crippen LogP contribution in [0.25, 0.3) is 16.9 Å². The Hall–Kier alpha value is -3.50. The molecule has 8 nitrogen and oxygen atoms in total. The molecule has 0 radical (unpaired) electrons. The van der Waals surface area contributed by atoms with Gasteiger partial charge in [0.15, 0.2) is 17.0 Å². The molecule has 0 saturated carbocycles. The molecule has 2 aromatic heterocycles. The van der Waals surface area contributed by atoms with Crippen molar-refractivity contribution in [2.45, 2.75) is 38.4 Å². The minimum atomic E-state index is -4.75. The molecule has 162 valence electrons. The summed E-state index contributed by atoms with van der Waals surface area (Å²) in [4.78, 5) is 28.9. The van der Waals surface area contributed by atoms with Crippen molar-refractivity contribution in [2.24, 2.45) is 0 Å². The molecule has 4 rings (SSSR count). The van der Waals surface area contributed by atoms with Crippen molar-refractivity contribution in [3.05, 3.63) is 57.9 Å². The van der Waals surface area contributed by atoms with Crippen molar-refractivity contribution in [1.82, 2.24) is 19.5 Å². The normalized spacial score (nSPS) is 17.2. The number of amides is 1. The maximum Gasteiger partial charge on any atom is 0.433 e. The first-order valence-corrected chi connectivity index (χ1v) is 9.69. The lowest BCUT2D eigenvalue weighted by atomic mass is 10.0. The molecule has 1 fully saturated rings. The van der Waals surface area contributed by atoms with Gasteiger partial charge in [-0.05, 0) is 44.4 Å². The number of fused-ring (bicyclic) bond motifs is 1. The van der Waals surface area contributed by atoms with Crippen LogP contribution in [0.4, 0.5) is 18.9 Å². The Labute approximate surface area is 174 Å². The number of piperidine rings is 1. The van der Waals surface area contributed by atoms with E-state index < -0.39 is 22.7 Å². The molecule has 1 aliphatic heterocycles. The van der Waals surface area contributed by atoms with E-state index >= 15 is 0 Å². The highest BCUT2D eigenvalue weighted by Gasteiger charge is 2.36. The summed E-state index contributed by atoms with van der Waals surface area (Å²) in [5.41, 5.74) is -1.26. The fourth-order valence-electron chi connectivity index (χ4n) is 3.73. The highest BCUT2D eigenvalue weighted by Crippen LogP contribution is 2.33. The van der Waals surface area contributed by atoms with Gasteiger partial charge in [-0.1, -0.05) is 0 Å². The first-order chi connectivity index (χ1) is 14.6. The number of nitrogens with zero attached hydrogens (tertiary/aromatic N) is 5. The van der Waals surface area contributed by atoms with Gasteiger partial charge in [-0.25, -0.2) is 9.50 Å². The van der Waals surface area contributed by atoms with Crippen LogP contribution in [0.3, 0.4) is 0 Å². The van der Waals surface area contributed by atoms with E-state index in [1.807, 2.05) is 6.92 Å². The van der Waals surface area contributed by atoms with Crippen molar-refractivity contribution in [1.29, 1.82) is 0 Å². The zero-order valence-electron chi connectivity index (χ0n) is 16.5. The molecule has 1 saturated heterocycles. The monoisotopic (exact) mass is 433 g/mol. The largest absolute Gasteiger partial charge is 0.433 e. The Bertz CT molecular complexity index is 1160. The van der Waals surface area contributed by atoms with Gasteiger partial charge in [-0.15, -0.1) is 0 Å². The fraction of sp³-hybridized carbons (Fsp3) is 0.350. The van der Waals surface area contributed by atoms with E-state index in [4.69, 9.17) is 0 Å². The van der Waals surface area contributed by atoms with Gasteiger partial charge in [0.05, 0.1) is 10.6 Å². The van der Waals surface area contributed by atoms with Gasteiger partial charge in [0.25, 0.3) is 11.6 Å². The molecule has 0 N–H and O–H groups in total. The minimum Gasteiger partial charge on any atom is -0.335 e. The highest BCUT2D eigenvalue weighted by molar-refractivity contribution is 5.93. The summed E-state index contributed by atoms with van der Waals surface area (Å²) in [6, 6.07) is 7.09. The second-order valence-electron chi connectivity index (χ2n) is 7.47. The van der Waals surface area contributed by atoms with Crippen LogP contribution >= 0.6 is 0 Å². The zero-order valence-corrected chi connectivity index (χ0v) is 16.5. The van der Waals surface area contributed by atoms with Crippen LogP contribution in [-0.4, -0.2) is 42.9 Å². The third-order valence-corrected chi connectivity index (χ3v) is 5.37. The number of likely N-dealkylation sites (tertiary alicyclic amines) is 1. The van der Waals surface area contributed by atoms with Crippen LogP contribution in [0.2, 0.25) is 0 Å². The molecule has 1 amide bonds. The molecular weight excluding hydrogens is 415 g/mol. The smallest absolute Gasteiger partial charge is 0.335 e. The Balaban J connectivity index is 1.80. The molecule has 1 atom stereocenters. The molecule has 0 spiro atoms. The Morgan fingerprint density at radius 1 is 1.19 bits per heavy atom. The summed E-state index contributed by atoms with van der Waals surface area (Å²) in [6.45, 7) is 2.43. The number of carbonyl (C=O) groups is 1. The summed E-state index contributed by atoms with van der Waals surface area (Å²) in [5, 5.41) is 14.7. The maximum absolute atomic E-state index is 13.7. The van der Waals surface area contributed by atoms with Crippen LogP contribution in [0, 0.1) is 10.1 Å². The molecule has 1 aromatic carbocycles. The molecule has 1 aliphatic rings.